The van der Waals surface area contributed by atoms with Crippen molar-refractivity contribution in [3.8, 4) is 0 Å². The number of aryl methyl sites for hydroxylation is 1. The fourth-order valence-electron chi connectivity index (χ4n) is 0.873. The van der Waals surface area contributed by atoms with Crippen LogP contribution in [-0.4, -0.2) is 22.4 Å². The molecule has 1 heterocycles. The van der Waals surface area contributed by atoms with Crippen molar-refractivity contribution in [3.05, 3.63) is 5.69 Å². The Bertz CT molecular complexity index is 332. The van der Waals surface area contributed by atoms with Gasteiger partial charge in [-0.15, -0.1) is 0 Å². The first-order chi connectivity index (χ1) is 6.50. The van der Waals surface area contributed by atoms with Gasteiger partial charge in [-0.25, -0.2) is 4.79 Å². The van der Waals surface area contributed by atoms with Crippen LogP contribution in [0, 0.1) is 6.92 Å². The Labute approximate surface area is 81.8 Å². The zero-order chi connectivity index (χ0) is 10.7. The van der Waals surface area contributed by atoms with Gasteiger partial charge in [-0.1, -0.05) is 0 Å². The molecule has 0 atom stereocenters. The highest BCUT2D eigenvalue weighted by atomic mass is 16.6. The number of nitrogens with one attached hydrogen (secondary N) is 2. The maximum atomic E-state index is 11.1. The van der Waals surface area contributed by atoms with Crippen LogP contribution in [0.3, 0.4) is 0 Å². The number of amides is 1. The average Bonchev–Trinajstić information content (AvgIpc) is 2.34. The van der Waals surface area contributed by atoms with Gasteiger partial charge < -0.3 is 10.5 Å². The first kappa shape index (κ1) is 10.4. The number of carbonyl (C=O) groups excluding carboxylic acids is 1. The topological polar surface area (TPSA) is 93.0 Å². The molecule has 0 saturated carbocycles. The Kier molecular flexibility index (Phi) is 2.95. The van der Waals surface area contributed by atoms with E-state index in [0.717, 1.165) is 0 Å². The van der Waals surface area contributed by atoms with E-state index in [9.17, 15) is 4.79 Å². The molecule has 0 spiro atoms. The molecule has 0 aliphatic carbocycles. The Hall–Kier alpha value is -1.72. The molecule has 0 aliphatic rings. The van der Waals surface area contributed by atoms with E-state index in [1.54, 1.807) is 20.8 Å². The third-order valence-electron chi connectivity index (χ3n) is 1.56. The van der Waals surface area contributed by atoms with Gasteiger partial charge in [0.25, 0.3) is 0 Å². The molecular formula is C8H14N4O2. The summed E-state index contributed by atoms with van der Waals surface area (Å²) < 4.78 is 4.86. The molecule has 0 unspecified atom stereocenters. The molecule has 0 aromatic carbocycles. The molecule has 6 nitrogen and oxygen atoms in total. The Morgan fingerprint density at radius 1 is 1.64 bits per heavy atom. The fraction of sp³-hybridized carbons (Fsp3) is 0.500. The number of H-pyrrole nitrogens is 1. The standard InChI is InChI=1S/C8H14N4O2/c1-4(2)14-8(13)10-7-6(9)5(3)11-12-7/h4H,9H2,1-3H3,(H2,10,11,12,13). The van der Waals surface area contributed by atoms with E-state index in [1.165, 1.54) is 0 Å². The third-order valence-corrected chi connectivity index (χ3v) is 1.56. The number of anilines is 2. The van der Waals surface area contributed by atoms with E-state index in [-0.39, 0.29) is 6.10 Å². The number of nitrogens with zero attached hydrogens (tertiary/aromatic N) is 1. The van der Waals surface area contributed by atoms with Crippen LogP contribution in [0.1, 0.15) is 19.5 Å². The summed E-state index contributed by atoms with van der Waals surface area (Å²) in [7, 11) is 0. The molecule has 1 rings (SSSR count). The predicted octanol–water partition coefficient (Wildman–Crippen LogP) is 1.26. The average molecular weight is 198 g/mol. The number of nitrogens with two attached hydrogens (primary N) is 1. The Balaban J connectivity index is 2.61. The van der Waals surface area contributed by atoms with E-state index in [2.05, 4.69) is 15.5 Å². The minimum Gasteiger partial charge on any atom is -0.447 e. The molecular weight excluding hydrogens is 184 g/mol. The first-order valence-corrected chi connectivity index (χ1v) is 4.28. The number of ether oxygens (including phenoxy) is 1. The van der Waals surface area contributed by atoms with E-state index in [4.69, 9.17) is 10.5 Å². The summed E-state index contributed by atoms with van der Waals surface area (Å²) in [5.41, 5.74) is 6.75. The van der Waals surface area contributed by atoms with Gasteiger partial charge >= 0.3 is 6.09 Å². The number of aromatic nitrogens is 2. The number of hydrogen-bond donors (Lipinski definition) is 3. The van der Waals surface area contributed by atoms with E-state index < -0.39 is 6.09 Å². The maximum Gasteiger partial charge on any atom is 0.413 e. The molecule has 78 valence electrons. The number of hydrogen-bond acceptors (Lipinski definition) is 4. The SMILES string of the molecule is Cc1[nH]nc(NC(=O)OC(C)C)c1N. The lowest BCUT2D eigenvalue weighted by Gasteiger charge is -2.07. The van der Waals surface area contributed by atoms with Crippen LogP contribution in [0.5, 0.6) is 0 Å². The van der Waals surface area contributed by atoms with Crippen LogP contribution in [0.4, 0.5) is 16.3 Å². The van der Waals surface area contributed by atoms with Crippen molar-refractivity contribution < 1.29 is 9.53 Å². The monoisotopic (exact) mass is 198 g/mol. The second kappa shape index (κ2) is 3.99. The van der Waals surface area contributed by atoms with Crippen LogP contribution < -0.4 is 11.1 Å². The van der Waals surface area contributed by atoms with Crippen LogP contribution >= 0.6 is 0 Å². The van der Waals surface area contributed by atoms with Gasteiger partial charge in [-0.05, 0) is 20.8 Å². The highest BCUT2D eigenvalue weighted by Gasteiger charge is 2.11. The molecule has 1 amide bonds. The fourth-order valence-corrected chi connectivity index (χ4v) is 0.873. The van der Waals surface area contributed by atoms with Crippen molar-refractivity contribution in [3.63, 3.8) is 0 Å². The molecule has 0 fully saturated rings. The lowest BCUT2D eigenvalue weighted by molar-refractivity contribution is 0.130. The molecule has 0 bridgehead atoms. The molecule has 14 heavy (non-hydrogen) atoms. The van der Waals surface area contributed by atoms with Gasteiger partial charge in [0, 0.05) is 0 Å². The van der Waals surface area contributed by atoms with Gasteiger partial charge in [0.05, 0.1) is 17.5 Å². The van der Waals surface area contributed by atoms with Crippen molar-refractivity contribution in [1.82, 2.24) is 10.2 Å². The van der Waals surface area contributed by atoms with Crippen molar-refractivity contribution in [1.29, 1.82) is 0 Å². The maximum absolute atomic E-state index is 11.1. The summed E-state index contributed by atoms with van der Waals surface area (Å²) in [5.74, 6) is 0.299. The Morgan fingerprint density at radius 3 is 2.71 bits per heavy atom. The highest BCUT2D eigenvalue weighted by molar-refractivity contribution is 5.87. The predicted molar refractivity (Wildman–Crippen MR) is 53.0 cm³/mol. The number of nitrogen functional groups attached to an aromatic ring is 1. The third kappa shape index (κ3) is 2.38. The van der Waals surface area contributed by atoms with Crippen molar-refractivity contribution >= 4 is 17.6 Å². The molecule has 4 N–H and O–H groups in total. The van der Waals surface area contributed by atoms with Crippen LogP contribution in [0.25, 0.3) is 0 Å². The Morgan fingerprint density at radius 2 is 2.29 bits per heavy atom. The number of rotatable bonds is 2. The van der Waals surface area contributed by atoms with Gasteiger partial charge in [-0.2, -0.15) is 5.10 Å². The smallest absolute Gasteiger partial charge is 0.413 e. The largest absolute Gasteiger partial charge is 0.447 e. The van der Waals surface area contributed by atoms with Gasteiger partial charge in [-0.3, -0.25) is 10.4 Å². The van der Waals surface area contributed by atoms with Crippen LogP contribution in [0.15, 0.2) is 0 Å². The number of aromatic amines is 1. The van der Waals surface area contributed by atoms with Crippen molar-refractivity contribution in [2.75, 3.05) is 11.1 Å². The minimum atomic E-state index is -0.557. The highest BCUT2D eigenvalue weighted by Crippen LogP contribution is 2.17. The van der Waals surface area contributed by atoms with Crippen LogP contribution in [0.2, 0.25) is 0 Å². The lowest BCUT2D eigenvalue weighted by Crippen LogP contribution is -2.18. The molecule has 1 aromatic heterocycles. The summed E-state index contributed by atoms with van der Waals surface area (Å²) in [5, 5.41) is 8.88. The van der Waals surface area contributed by atoms with E-state index in [0.29, 0.717) is 17.2 Å². The summed E-state index contributed by atoms with van der Waals surface area (Å²) >= 11 is 0. The zero-order valence-electron chi connectivity index (χ0n) is 8.42. The molecule has 0 aliphatic heterocycles. The van der Waals surface area contributed by atoms with E-state index >= 15 is 0 Å². The summed E-state index contributed by atoms with van der Waals surface area (Å²) in [6, 6.07) is 0. The second-order valence-corrected chi connectivity index (χ2v) is 3.19. The molecule has 0 saturated heterocycles. The zero-order valence-corrected chi connectivity index (χ0v) is 8.42. The van der Waals surface area contributed by atoms with Crippen molar-refractivity contribution in [2.45, 2.75) is 26.9 Å². The van der Waals surface area contributed by atoms with Gasteiger partial charge in [0.1, 0.15) is 0 Å². The van der Waals surface area contributed by atoms with Gasteiger partial charge in [0.15, 0.2) is 5.82 Å². The molecule has 6 heteroatoms. The minimum absolute atomic E-state index is 0.170. The summed E-state index contributed by atoms with van der Waals surface area (Å²) in [4.78, 5) is 11.1. The second-order valence-electron chi connectivity index (χ2n) is 3.19. The first-order valence-electron chi connectivity index (χ1n) is 4.28. The quantitative estimate of drug-likeness (QED) is 0.666. The molecule has 0 radical (unpaired) electrons. The normalized spacial score (nSPS) is 10.3. The van der Waals surface area contributed by atoms with Crippen molar-refractivity contribution in [2.24, 2.45) is 0 Å². The van der Waals surface area contributed by atoms with Crippen LogP contribution in [-0.2, 0) is 4.74 Å². The van der Waals surface area contributed by atoms with E-state index in [1.807, 2.05) is 0 Å². The summed E-state index contributed by atoms with van der Waals surface area (Å²) in [6.45, 7) is 5.29. The summed E-state index contributed by atoms with van der Waals surface area (Å²) in [6.07, 6.45) is -0.727. The van der Waals surface area contributed by atoms with Gasteiger partial charge in [0.2, 0.25) is 0 Å². The lowest BCUT2D eigenvalue weighted by atomic mass is 10.4. The molecule has 1 aromatic rings. The number of carbonyl (C=O) groups is 1.